The van der Waals surface area contributed by atoms with Crippen LogP contribution < -0.4 is 5.32 Å². The zero-order valence-electron chi connectivity index (χ0n) is 9.87. The molecule has 4 nitrogen and oxygen atoms in total. The molecule has 0 fully saturated rings. The van der Waals surface area contributed by atoms with Crippen LogP contribution in [0.2, 0.25) is 5.02 Å². The summed E-state index contributed by atoms with van der Waals surface area (Å²) < 4.78 is 0. The molecule has 0 aliphatic carbocycles. The number of likely N-dealkylation sites (N-methyl/N-ethyl adjacent to an activating group) is 1. The predicted octanol–water partition coefficient (Wildman–Crippen LogP) is 2.15. The summed E-state index contributed by atoms with van der Waals surface area (Å²) in [6.07, 6.45) is 0.394. The molecule has 2 amide bonds. The number of hydrogen-bond acceptors (Lipinski definition) is 2. The van der Waals surface area contributed by atoms with Gasteiger partial charge in [0.05, 0.1) is 6.54 Å². The second-order valence-corrected chi connectivity index (χ2v) is 4.09. The molecule has 1 rings (SSSR count). The lowest BCUT2D eigenvalue weighted by Gasteiger charge is -2.15. The first-order chi connectivity index (χ1) is 8.02. The maximum Gasteiger partial charge on any atom is 0.243 e. The first-order valence-electron chi connectivity index (χ1n) is 5.32. The molecule has 1 aromatic carbocycles. The number of benzene rings is 1. The minimum absolute atomic E-state index is 0.0509. The highest BCUT2D eigenvalue weighted by atomic mass is 35.5. The highest BCUT2D eigenvalue weighted by Crippen LogP contribution is 2.13. The van der Waals surface area contributed by atoms with E-state index in [4.69, 9.17) is 11.6 Å². The Labute approximate surface area is 106 Å². The number of rotatable bonds is 4. The molecule has 5 heteroatoms. The standard InChI is InChI=1S/C12H15ClN2O2/c1-3-12(17)15(2)8-11(16)14-10-6-4-9(13)5-7-10/h4-7H,3,8H2,1-2H3,(H,14,16). The zero-order valence-corrected chi connectivity index (χ0v) is 10.6. The summed E-state index contributed by atoms with van der Waals surface area (Å²) in [5.74, 6) is -0.284. The number of nitrogens with zero attached hydrogens (tertiary/aromatic N) is 1. The molecule has 0 heterocycles. The molecular weight excluding hydrogens is 240 g/mol. The number of amides is 2. The van der Waals surface area contributed by atoms with E-state index in [1.165, 1.54) is 4.90 Å². The van der Waals surface area contributed by atoms with Crippen LogP contribution >= 0.6 is 11.6 Å². The molecule has 0 radical (unpaired) electrons. The molecule has 0 aliphatic heterocycles. The Morgan fingerprint density at radius 3 is 2.41 bits per heavy atom. The van der Waals surface area contributed by atoms with Gasteiger partial charge in [0.2, 0.25) is 11.8 Å². The maximum atomic E-state index is 11.6. The van der Waals surface area contributed by atoms with Gasteiger partial charge < -0.3 is 10.2 Å². The largest absolute Gasteiger partial charge is 0.336 e. The molecule has 17 heavy (non-hydrogen) atoms. The number of hydrogen-bond donors (Lipinski definition) is 1. The normalized spacial score (nSPS) is 9.82. The molecule has 0 aliphatic rings. The average molecular weight is 255 g/mol. The fourth-order valence-corrected chi connectivity index (χ4v) is 1.43. The first kappa shape index (κ1) is 13.5. The summed E-state index contributed by atoms with van der Waals surface area (Å²) in [5, 5.41) is 3.30. The third-order valence-electron chi connectivity index (χ3n) is 2.24. The zero-order chi connectivity index (χ0) is 12.8. The Hall–Kier alpha value is -1.55. The van der Waals surface area contributed by atoms with Crippen molar-refractivity contribution >= 4 is 29.1 Å². The van der Waals surface area contributed by atoms with Crippen LogP contribution in [-0.4, -0.2) is 30.3 Å². The number of halogens is 1. The number of carbonyl (C=O) groups is 2. The van der Waals surface area contributed by atoms with Gasteiger partial charge in [0, 0.05) is 24.2 Å². The summed E-state index contributed by atoms with van der Waals surface area (Å²) in [5.41, 5.74) is 0.664. The van der Waals surface area contributed by atoms with Crippen LogP contribution in [0.1, 0.15) is 13.3 Å². The van der Waals surface area contributed by atoms with Crippen molar-refractivity contribution < 1.29 is 9.59 Å². The van der Waals surface area contributed by atoms with E-state index in [9.17, 15) is 9.59 Å². The molecule has 0 aromatic heterocycles. The average Bonchev–Trinajstić information content (AvgIpc) is 2.30. The number of carbonyl (C=O) groups excluding carboxylic acids is 2. The van der Waals surface area contributed by atoms with Gasteiger partial charge in [-0.15, -0.1) is 0 Å². The van der Waals surface area contributed by atoms with Crippen molar-refractivity contribution in [2.75, 3.05) is 18.9 Å². The summed E-state index contributed by atoms with van der Waals surface area (Å²) >= 11 is 5.73. The van der Waals surface area contributed by atoms with E-state index < -0.39 is 0 Å². The molecule has 92 valence electrons. The molecule has 0 atom stereocenters. The lowest BCUT2D eigenvalue weighted by Crippen LogP contribution is -2.34. The Balaban J connectivity index is 2.50. The van der Waals surface area contributed by atoms with Gasteiger partial charge in [-0.05, 0) is 24.3 Å². The van der Waals surface area contributed by atoms with Crippen molar-refractivity contribution in [3.8, 4) is 0 Å². The quantitative estimate of drug-likeness (QED) is 0.895. The third kappa shape index (κ3) is 4.44. The van der Waals surface area contributed by atoms with Crippen molar-refractivity contribution in [2.24, 2.45) is 0 Å². The molecule has 1 aromatic rings. The van der Waals surface area contributed by atoms with E-state index in [2.05, 4.69) is 5.32 Å². The number of nitrogens with one attached hydrogen (secondary N) is 1. The molecule has 0 bridgehead atoms. The highest BCUT2D eigenvalue weighted by molar-refractivity contribution is 6.30. The molecule has 1 N–H and O–H groups in total. The van der Waals surface area contributed by atoms with Gasteiger partial charge >= 0.3 is 0 Å². The second kappa shape index (κ2) is 6.25. The Morgan fingerprint density at radius 2 is 1.88 bits per heavy atom. The van der Waals surface area contributed by atoms with Crippen LogP contribution in [-0.2, 0) is 9.59 Å². The lowest BCUT2D eigenvalue weighted by atomic mass is 10.3. The van der Waals surface area contributed by atoms with Gasteiger partial charge in [-0.3, -0.25) is 9.59 Å². The summed E-state index contributed by atoms with van der Waals surface area (Å²) in [7, 11) is 1.60. The van der Waals surface area contributed by atoms with Crippen molar-refractivity contribution in [1.29, 1.82) is 0 Å². The fraction of sp³-hybridized carbons (Fsp3) is 0.333. The van der Waals surface area contributed by atoms with Gasteiger partial charge in [0.25, 0.3) is 0 Å². The van der Waals surface area contributed by atoms with Gasteiger partial charge in [0.15, 0.2) is 0 Å². The van der Waals surface area contributed by atoms with E-state index >= 15 is 0 Å². The Morgan fingerprint density at radius 1 is 1.29 bits per heavy atom. The lowest BCUT2D eigenvalue weighted by molar-refractivity contribution is -0.133. The smallest absolute Gasteiger partial charge is 0.243 e. The van der Waals surface area contributed by atoms with Crippen molar-refractivity contribution in [2.45, 2.75) is 13.3 Å². The topological polar surface area (TPSA) is 49.4 Å². The van der Waals surface area contributed by atoms with Crippen LogP contribution in [0.4, 0.5) is 5.69 Å². The van der Waals surface area contributed by atoms with Gasteiger partial charge in [-0.2, -0.15) is 0 Å². The highest BCUT2D eigenvalue weighted by Gasteiger charge is 2.10. The van der Waals surface area contributed by atoms with E-state index in [1.807, 2.05) is 0 Å². The second-order valence-electron chi connectivity index (χ2n) is 3.66. The molecule has 0 saturated carbocycles. The van der Waals surface area contributed by atoms with Crippen molar-refractivity contribution in [1.82, 2.24) is 4.90 Å². The summed E-state index contributed by atoms with van der Waals surface area (Å²) in [6, 6.07) is 6.81. The third-order valence-corrected chi connectivity index (χ3v) is 2.49. The van der Waals surface area contributed by atoms with E-state index in [0.717, 1.165) is 0 Å². The van der Waals surface area contributed by atoms with Crippen LogP contribution in [0.5, 0.6) is 0 Å². The summed E-state index contributed by atoms with van der Waals surface area (Å²) in [4.78, 5) is 24.3. The first-order valence-corrected chi connectivity index (χ1v) is 5.70. The van der Waals surface area contributed by atoms with E-state index in [0.29, 0.717) is 17.1 Å². The van der Waals surface area contributed by atoms with Gasteiger partial charge in [0.1, 0.15) is 0 Å². The molecule has 0 saturated heterocycles. The molecule has 0 unspecified atom stereocenters. The fourth-order valence-electron chi connectivity index (χ4n) is 1.31. The van der Waals surface area contributed by atoms with E-state index in [1.54, 1.807) is 38.2 Å². The Kier molecular flexibility index (Phi) is 4.97. The maximum absolute atomic E-state index is 11.6. The minimum atomic E-state index is -0.225. The molecule has 0 spiro atoms. The van der Waals surface area contributed by atoms with Crippen LogP contribution in [0.3, 0.4) is 0 Å². The van der Waals surface area contributed by atoms with Crippen LogP contribution in [0.25, 0.3) is 0 Å². The summed E-state index contributed by atoms with van der Waals surface area (Å²) in [6.45, 7) is 1.81. The molecular formula is C12H15ClN2O2. The van der Waals surface area contributed by atoms with Gasteiger partial charge in [-0.1, -0.05) is 18.5 Å². The van der Waals surface area contributed by atoms with Crippen LogP contribution in [0.15, 0.2) is 24.3 Å². The Bertz CT molecular complexity index is 403. The van der Waals surface area contributed by atoms with E-state index in [-0.39, 0.29) is 18.4 Å². The number of anilines is 1. The SMILES string of the molecule is CCC(=O)N(C)CC(=O)Nc1ccc(Cl)cc1. The predicted molar refractivity (Wildman–Crippen MR) is 68.0 cm³/mol. The van der Waals surface area contributed by atoms with Gasteiger partial charge in [-0.25, -0.2) is 0 Å². The minimum Gasteiger partial charge on any atom is -0.336 e. The van der Waals surface area contributed by atoms with Crippen molar-refractivity contribution in [3.05, 3.63) is 29.3 Å². The van der Waals surface area contributed by atoms with Crippen LogP contribution in [0, 0.1) is 0 Å². The van der Waals surface area contributed by atoms with Crippen molar-refractivity contribution in [3.63, 3.8) is 0 Å². The monoisotopic (exact) mass is 254 g/mol.